The molecule has 0 fully saturated rings. The molecular weight excluding hydrogens is 417 g/mol. The van der Waals surface area contributed by atoms with E-state index in [1.165, 1.54) is 28.2 Å². The zero-order valence-electron chi connectivity index (χ0n) is 16.9. The van der Waals surface area contributed by atoms with Gasteiger partial charge in [-0.15, -0.1) is 16.4 Å². The van der Waals surface area contributed by atoms with Crippen LogP contribution in [-0.2, 0) is 11.2 Å². The molecule has 0 saturated heterocycles. The van der Waals surface area contributed by atoms with Crippen LogP contribution in [-0.4, -0.2) is 36.1 Å². The van der Waals surface area contributed by atoms with Crippen LogP contribution in [0.4, 0.5) is 4.39 Å². The Labute approximate surface area is 182 Å². The molecule has 1 aromatic carbocycles. The molecule has 0 radical (unpaired) electrons. The number of hydrogen-bond donors (Lipinski definition) is 1. The first-order valence-corrected chi connectivity index (χ1v) is 10.5. The minimum absolute atomic E-state index is 0.245. The molecule has 31 heavy (non-hydrogen) atoms. The third kappa shape index (κ3) is 4.80. The number of hydrogen-bond acceptors (Lipinski definition) is 7. The molecule has 4 rings (SSSR count). The first kappa shape index (κ1) is 20.7. The van der Waals surface area contributed by atoms with Crippen LogP contribution >= 0.6 is 11.3 Å². The van der Waals surface area contributed by atoms with E-state index in [4.69, 9.17) is 0 Å². The molecule has 2 atom stereocenters. The molecule has 4 aromatic rings. The number of nitrogens with one attached hydrogen (secondary N) is 1. The molecule has 1 N–H and O–H groups in total. The molecule has 0 aliphatic carbocycles. The number of carbonyl (C=O) groups excluding carboxylic acids is 1. The number of halogens is 1. The van der Waals surface area contributed by atoms with Crippen LogP contribution in [0.5, 0.6) is 0 Å². The number of pyridine rings is 1. The monoisotopic (exact) mass is 437 g/mol. The third-order valence-corrected chi connectivity index (χ3v) is 5.83. The van der Waals surface area contributed by atoms with Gasteiger partial charge in [-0.05, 0) is 54.1 Å². The van der Waals surface area contributed by atoms with Gasteiger partial charge in [-0.1, -0.05) is 12.1 Å². The summed E-state index contributed by atoms with van der Waals surface area (Å²) in [6.07, 6.45) is 3.78. The van der Waals surface area contributed by atoms with Gasteiger partial charge >= 0.3 is 0 Å². The van der Waals surface area contributed by atoms with Crippen LogP contribution < -0.4 is 5.32 Å². The Morgan fingerprint density at radius 2 is 2.06 bits per heavy atom. The smallest absolute Gasteiger partial charge is 0.245 e. The summed E-state index contributed by atoms with van der Waals surface area (Å²) in [7, 11) is 0. The van der Waals surface area contributed by atoms with Gasteiger partial charge in [0, 0.05) is 29.8 Å². The van der Waals surface area contributed by atoms with Crippen molar-refractivity contribution >= 4 is 17.2 Å². The van der Waals surface area contributed by atoms with Crippen LogP contribution in [0.2, 0.25) is 0 Å². The third-order valence-electron chi connectivity index (χ3n) is 4.81. The molecule has 0 bridgehead atoms. The zero-order chi connectivity index (χ0) is 21.8. The van der Waals surface area contributed by atoms with Crippen molar-refractivity contribution in [2.45, 2.75) is 32.4 Å². The fourth-order valence-corrected chi connectivity index (χ4v) is 4.00. The largest absolute Gasteiger partial charge is 0.345 e. The molecular formula is C21H20FN7OS. The van der Waals surface area contributed by atoms with Crippen molar-refractivity contribution in [3.63, 3.8) is 0 Å². The van der Waals surface area contributed by atoms with Gasteiger partial charge in [0.1, 0.15) is 22.7 Å². The van der Waals surface area contributed by atoms with Gasteiger partial charge in [0.25, 0.3) is 0 Å². The van der Waals surface area contributed by atoms with E-state index in [9.17, 15) is 9.18 Å². The summed E-state index contributed by atoms with van der Waals surface area (Å²) in [5.41, 5.74) is 2.53. The molecule has 2 unspecified atom stereocenters. The summed E-state index contributed by atoms with van der Waals surface area (Å²) in [5, 5.41) is 17.3. The number of thiazole rings is 1. The maximum Gasteiger partial charge on any atom is 0.245 e. The van der Waals surface area contributed by atoms with Crippen molar-refractivity contribution in [2.75, 3.05) is 0 Å². The van der Waals surface area contributed by atoms with Gasteiger partial charge in [0.15, 0.2) is 0 Å². The second-order valence-corrected chi connectivity index (χ2v) is 7.95. The predicted octanol–water partition coefficient (Wildman–Crippen LogP) is 3.30. The van der Waals surface area contributed by atoms with Gasteiger partial charge in [-0.25, -0.2) is 14.1 Å². The molecule has 8 nitrogen and oxygen atoms in total. The predicted molar refractivity (Wildman–Crippen MR) is 114 cm³/mol. The Morgan fingerprint density at radius 3 is 2.74 bits per heavy atom. The molecule has 3 aromatic heterocycles. The minimum Gasteiger partial charge on any atom is -0.345 e. The van der Waals surface area contributed by atoms with Crippen molar-refractivity contribution < 1.29 is 9.18 Å². The van der Waals surface area contributed by atoms with Crippen LogP contribution in [0.3, 0.4) is 0 Å². The van der Waals surface area contributed by atoms with Crippen molar-refractivity contribution in [3.05, 3.63) is 76.4 Å². The summed E-state index contributed by atoms with van der Waals surface area (Å²) in [5.74, 6) is -0.0569. The highest BCUT2D eigenvalue weighted by Crippen LogP contribution is 2.25. The number of nitrogens with zero attached hydrogens (tertiary/aromatic N) is 6. The molecule has 10 heteroatoms. The Bertz CT molecular complexity index is 1160. The van der Waals surface area contributed by atoms with Crippen molar-refractivity contribution in [2.24, 2.45) is 0 Å². The first-order valence-electron chi connectivity index (χ1n) is 9.66. The fourth-order valence-electron chi connectivity index (χ4n) is 3.16. The summed E-state index contributed by atoms with van der Waals surface area (Å²) in [4.78, 5) is 22.0. The number of tetrazole rings is 1. The van der Waals surface area contributed by atoms with Crippen LogP contribution in [0.1, 0.15) is 35.4 Å². The number of benzene rings is 1. The molecule has 0 spiro atoms. The van der Waals surface area contributed by atoms with Crippen LogP contribution in [0.15, 0.2) is 54.2 Å². The molecule has 0 aliphatic heterocycles. The maximum absolute atomic E-state index is 13.3. The average Bonchev–Trinajstić information content (AvgIpc) is 3.43. The first-order chi connectivity index (χ1) is 15.0. The van der Waals surface area contributed by atoms with Gasteiger partial charge in [0.2, 0.25) is 5.91 Å². The van der Waals surface area contributed by atoms with E-state index < -0.39 is 6.04 Å². The van der Waals surface area contributed by atoms with Gasteiger partial charge in [-0.3, -0.25) is 9.78 Å². The van der Waals surface area contributed by atoms with Crippen LogP contribution in [0.25, 0.3) is 11.3 Å². The Morgan fingerprint density at radius 1 is 1.26 bits per heavy atom. The number of aromatic nitrogens is 6. The number of aryl methyl sites for hydroxylation is 1. The lowest BCUT2D eigenvalue weighted by Gasteiger charge is -2.20. The highest BCUT2D eigenvalue weighted by Gasteiger charge is 2.26. The lowest BCUT2D eigenvalue weighted by atomic mass is 10.0. The molecule has 0 saturated carbocycles. The Kier molecular flexibility index (Phi) is 6.08. The van der Waals surface area contributed by atoms with E-state index in [1.54, 1.807) is 31.5 Å². The second-order valence-electron chi connectivity index (χ2n) is 7.06. The van der Waals surface area contributed by atoms with Crippen molar-refractivity contribution in [1.82, 2.24) is 35.5 Å². The van der Waals surface area contributed by atoms with E-state index in [0.29, 0.717) is 12.2 Å². The molecule has 158 valence electrons. The Balaban J connectivity index is 1.52. The van der Waals surface area contributed by atoms with Crippen LogP contribution in [0, 0.1) is 12.7 Å². The molecule has 0 aliphatic rings. The molecule has 1 amide bonds. The van der Waals surface area contributed by atoms with E-state index in [1.807, 2.05) is 24.4 Å². The number of carbonyl (C=O) groups is 1. The van der Waals surface area contributed by atoms with Crippen molar-refractivity contribution in [1.29, 1.82) is 0 Å². The number of rotatable bonds is 7. The Hall–Kier alpha value is -3.53. The average molecular weight is 438 g/mol. The maximum atomic E-state index is 13.3. The lowest BCUT2D eigenvalue weighted by Crippen LogP contribution is -2.36. The minimum atomic E-state index is -0.680. The fraction of sp³-hybridized carbons (Fsp3) is 0.238. The standard InChI is InChI=1S/C21H20FN7OS/c1-13(21-25-18(12-31-21)16-4-3-9-23-11-16)24-20(30)19(29-14(2)26-27-28-29)10-15-5-7-17(22)8-6-15/h3-9,11-13,19H,10H2,1-2H3,(H,24,30). The lowest BCUT2D eigenvalue weighted by molar-refractivity contribution is -0.125. The highest BCUT2D eigenvalue weighted by atomic mass is 32.1. The summed E-state index contributed by atoms with van der Waals surface area (Å²) in [6, 6.07) is 8.85. The SMILES string of the molecule is Cc1nnnn1C(Cc1ccc(F)cc1)C(=O)NC(C)c1nc(-c2cccnc2)cs1. The summed E-state index contributed by atoms with van der Waals surface area (Å²) < 4.78 is 14.8. The van der Waals surface area contributed by atoms with Gasteiger partial charge < -0.3 is 5.32 Å². The normalized spacial score (nSPS) is 13.0. The van der Waals surface area contributed by atoms with E-state index in [0.717, 1.165) is 21.8 Å². The molecule has 3 heterocycles. The second kappa shape index (κ2) is 9.09. The zero-order valence-corrected chi connectivity index (χ0v) is 17.8. The van der Waals surface area contributed by atoms with E-state index in [-0.39, 0.29) is 17.8 Å². The quantitative estimate of drug-likeness (QED) is 0.476. The number of amides is 1. The summed E-state index contributed by atoms with van der Waals surface area (Å²) in [6.45, 7) is 3.61. The van der Waals surface area contributed by atoms with E-state index in [2.05, 4.69) is 30.8 Å². The highest BCUT2D eigenvalue weighted by molar-refractivity contribution is 7.10. The topological polar surface area (TPSA) is 98.5 Å². The van der Waals surface area contributed by atoms with Crippen molar-refractivity contribution in [3.8, 4) is 11.3 Å². The van der Waals surface area contributed by atoms with Gasteiger partial charge in [-0.2, -0.15) is 0 Å². The summed E-state index contributed by atoms with van der Waals surface area (Å²) >= 11 is 1.47. The van der Waals surface area contributed by atoms with E-state index >= 15 is 0 Å². The van der Waals surface area contributed by atoms with Gasteiger partial charge in [0.05, 0.1) is 11.7 Å².